The summed E-state index contributed by atoms with van der Waals surface area (Å²) in [5, 5.41) is 15.1. The molecule has 102 valence electrons. The highest BCUT2D eigenvalue weighted by Crippen LogP contribution is 2.35. The summed E-state index contributed by atoms with van der Waals surface area (Å²) in [4.78, 5) is 4.23. The first-order valence-corrected chi connectivity index (χ1v) is 7.57. The number of nitrogens with one attached hydrogen (secondary N) is 1. The van der Waals surface area contributed by atoms with Crippen molar-refractivity contribution < 1.29 is 9.84 Å². The summed E-state index contributed by atoms with van der Waals surface area (Å²) in [5.74, 6) is 0.611. The second-order valence-electron chi connectivity index (χ2n) is 4.04. The summed E-state index contributed by atoms with van der Waals surface area (Å²) in [5.41, 5.74) is 4.01. The fraction of sp³-hybridized carbons (Fsp3) is 0.308. The average molecular weight is 343 g/mol. The molecule has 19 heavy (non-hydrogen) atoms. The molecule has 1 heterocycles. The van der Waals surface area contributed by atoms with Crippen LogP contribution >= 0.6 is 27.3 Å². The molecule has 0 aliphatic rings. The van der Waals surface area contributed by atoms with Crippen molar-refractivity contribution in [2.45, 2.75) is 13.0 Å². The Balaban J connectivity index is 1.87. The molecule has 1 aromatic carbocycles. The van der Waals surface area contributed by atoms with Crippen LogP contribution in [0.4, 0.5) is 0 Å². The molecule has 0 radical (unpaired) electrons. The number of ether oxygens (including phenoxy) is 1. The number of hydrogen-bond donors (Lipinski definition) is 2. The van der Waals surface area contributed by atoms with Crippen molar-refractivity contribution in [3.05, 3.63) is 38.8 Å². The van der Waals surface area contributed by atoms with Crippen LogP contribution in [0.2, 0.25) is 0 Å². The van der Waals surface area contributed by atoms with Gasteiger partial charge in [-0.2, -0.15) is 0 Å². The van der Waals surface area contributed by atoms with Crippen LogP contribution in [-0.4, -0.2) is 23.7 Å². The zero-order valence-corrected chi connectivity index (χ0v) is 12.9. The lowest BCUT2D eigenvalue weighted by Crippen LogP contribution is -2.16. The number of thiazole rings is 1. The van der Waals surface area contributed by atoms with Gasteiger partial charge in [0.25, 0.3) is 0 Å². The highest BCUT2D eigenvalue weighted by molar-refractivity contribution is 9.10. The van der Waals surface area contributed by atoms with E-state index < -0.39 is 0 Å². The molecule has 0 unspecified atom stereocenters. The highest BCUT2D eigenvalue weighted by atomic mass is 79.9. The van der Waals surface area contributed by atoms with Crippen LogP contribution in [0.25, 0.3) is 0 Å². The Morgan fingerprint density at radius 1 is 1.47 bits per heavy atom. The molecule has 0 aliphatic carbocycles. The molecule has 2 aromatic rings. The second-order valence-corrected chi connectivity index (χ2v) is 5.61. The molecule has 0 saturated carbocycles. The molecule has 0 fully saturated rings. The van der Waals surface area contributed by atoms with Crippen molar-refractivity contribution in [3.63, 3.8) is 0 Å². The smallest absolute Gasteiger partial charge is 0.172 e. The fourth-order valence-electron chi connectivity index (χ4n) is 1.70. The molecule has 4 nitrogen and oxygen atoms in total. The second kappa shape index (κ2) is 6.88. The largest absolute Gasteiger partial charge is 0.503 e. The summed E-state index contributed by atoms with van der Waals surface area (Å²) in [7, 11) is 1.54. The lowest BCUT2D eigenvalue weighted by Gasteiger charge is -2.09. The Hall–Kier alpha value is -1.11. The zero-order valence-electron chi connectivity index (χ0n) is 10.5. The van der Waals surface area contributed by atoms with Gasteiger partial charge in [0, 0.05) is 24.9 Å². The lowest BCUT2D eigenvalue weighted by molar-refractivity contribution is 0.371. The number of methoxy groups -OCH3 is 1. The normalized spacial score (nSPS) is 10.6. The van der Waals surface area contributed by atoms with Crippen LogP contribution in [0.15, 0.2) is 27.5 Å². The Bertz CT molecular complexity index is 532. The van der Waals surface area contributed by atoms with Crippen molar-refractivity contribution in [2.24, 2.45) is 0 Å². The SMILES string of the molecule is COc1cc(CNCCc2cscn2)cc(Br)c1O. The fourth-order valence-corrected chi connectivity index (χ4v) is 2.78. The number of nitrogens with zero attached hydrogens (tertiary/aromatic N) is 1. The number of halogens is 1. The van der Waals surface area contributed by atoms with Crippen molar-refractivity contribution in [1.29, 1.82) is 0 Å². The minimum Gasteiger partial charge on any atom is -0.503 e. The number of rotatable bonds is 6. The molecular weight excluding hydrogens is 328 g/mol. The van der Waals surface area contributed by atoms with Crippen LogP contribution in [-0.2, 0) is 13.0 Å². The maximum atomic E-state index is 9.72. The predicted molar refractivity (Wildman–Crippen MR) is 79.9 cm³/mol. The maximum absolute atomic E-state index is 9.72. The van der Waals surface area contributed by atoms with E-state index in [0.717, 1.165) is 30.8 Å². The molecule has 0 spiro atoms. The molecule has 1 aromatic heterocycles. The van der Waals surface area contributed by atoms with E-state index in [9.17, 15) is 5.11 Å². The number of phenols is 1. The van der Waals surface area contributed by atoms with Crippen LogP contribution < -0.4 is 10.1 Å². The van der Waals surface area contributed by atoms with Crippen molar-refractivity contribution >= 4 is 27.3 Å². The van der Waals surface area contributed by atoms with Gasteiger partial charge in [-0.05, 0) is 33.6 Å². The molecule has 0 amide bonds. The van der Waals surface area contributed by atoms with Crippen LogP contribution in [0.5, 0.6) is 11.5 Å². The first-order chi connectivity index (χ1) is 9.20. The van der Waals surface area contributed by atoms with Gasteiger partial charge in [0.15, 0.2) is 11.5 Å². The molecule has 6 heteroatoms. The number of benzene rings is 1. The summed E-state index contributed by atoms with van der Waals surface area (Å²) in [6, 6.07) is 3.71. The third kappa shape index (κ3) is 3.92. The zero-order chi connectivity index (χ0) is 13.7. The third-order valence-corrected chi connectivity index (χ3v) is 3.92. The highest BCUT2D eigenvalue weighted by Gasteiger charge is 2.08. The lowest BCUT2D eigenvalue weighted by atomic mass is 10.2. The first kappa shape index (κ1) is 14.3. The van der Waals surface area contributed by atoms with E-state index in [1.807, 2.05) is 17.6 Å². The molecule has 0 saturated heterocycles. The molecular formula is C13H15BrN2O2S. The van der Waals surface area contributed by atoms with Crippen LogP contribution in [0.3, 0.4) is 0 Å². The average Bonchev–Trinajstić information content (AvgIpc) is 2.91. The summed E-state index contributed by atoms with van der Waals surface area (Å²) >= 11 is 4.92. The first-order valence-electron chi connectivity index (χ1n) is 5.84. The topological polar surface area (TPSA) is 54.4 Å². The molecule has 0 atom stereocenters. The van der Waals surface area contributed by atoms with Crippen molar-refractivity contribution in [2.75, 3.05) is 13.7 Å². The standard InChI is InChI=1S/C13H15BrN2O2S/c1-18-12-5-9(4-11(14)13(12)17)6-15-3-2-10-7-19-8-16-10/h4-5,7-8,15,17H,2-3,6H2,1H3. The number of phenolic OH excluding ortho intramolecular Hbond substituents is 1. The quantitative estimate of drug-likeness (QED) is 0.792. The van der Waals surface area contributed by atoms with E-state index in [-0.39, 0.29) is 5.75 Å². The Labute approximate surface area is 124 Å². The Kier molecular flexibility index (Phi) is 5.18. The van der Waals surface area contributed by atoms with Crippen molar-refractivity contribution in [1.82, 2.24) is 10.3 Å². The summed E-state index contributed by atoms with van der Waals surface area (Å²) < 4.78 is 5.76. The van der Waals surface area contributed by atoms with Gasteiger partial charge in [0.05, 0.1) is 22.8 Å². The predicted octanol–water partition coefficient (Wildman–Crippen LogP) is 2.95. The van der Waals surface area contributed by atoms with Gasteiger partial charge in [0.1, 0.15) is 0 Å². The number of aromatic nitrogens is 1. The van der Waals surface area contributed by atoms with Gasteiger partial charge in [-0.1, -0.05) is 0 Å². The van der Waals surface area contributed by atoms with Gasteiger partial charge in [-0.15, -0.1) is 11.3 Å². The number of aromatic hydroxyl groups is 1. The van der Waals surface area contributed by atoms with E-state index in [4.69, 9.17) is 4.74 Å². The number of hydrogen-bond acceptors (Lipinski definition) is 5. The Morgan fingerprint density at radius 2 is 2.32 bits per heavy atom. The van der Waals surface area contributed by atoms with E-state index >= 15 is 0 Å². The molecule has 0 bridgehead atoms. The summed E-state index contributed by atoms with van der Waals surface area (Å²) in [6.45, 7) is 1.59. The van der Waals surface area contributed by atoms with E-state index in [0.29, 0.717) is 10.2 Å². The van der Waals surface area contributed by atoms with E-state index in [1.54, 1.807) is 18.4 Å². The summed E-state index contributed by atoms with van der Waals surface area (Å²) in [6.07, 6.45) is 0.917. The van der Waals surface area contributed by atoms with Crippen molar-refractivity contribution in [3.8, 4) is 11.5 Å². The monoisotopic (exact) mass is 342 g/mol. The minimum atomic E-state index is 0.133. The van der Waals surface area contributed by atoms with Crippen LogP contribution in [0, 0.1) is 0 Å². The third-order valence-electron chi connectivity index (χ3n) is 2.68. The van der Waals surface area contributed by atoms with Gasteiger partial charge in [-0.25, -0.2) is 4.98 Å². The Morgan fingerprint density at radius 3 is 3.00 bits per heavy atom. The molecule has 2 N–H and O–H groups in total. The minimum absolute atomic E-state index is 0.133. The molecule has 2 rings (SSSR count). The molecule has 0 aliphatic heterocycles. The van der Waals surface area contributed by atoms with Gasteiger partial charge in [0.2, 0.25) is 0 Å². The van der Waals surface area contributed by atoms with Gasteiger partial charge in [-0.3, -0.25) is 0 Å². The van der Waals surface area contributed by atoms with Gasteiger partial charge >= 0.3 is 0 Å². The maximum Gasteiger partial charge on any atom is 0.172 e. The van der Waals surface area contributed by atoms with Crippen LogP contribution in [0.1, 0.15) is 11.3 Å². The van der Waals surface area contributed by atoms with Gasteiger partial charge < -0.3 is 15.2 Å². The van der Waals surface area contributed by atoms with E-state index in [2.05, 4.69) is 31.6 Å². The van der Waals surface area contributed by atoms with E-state index in [1.165, 1.54) is 0 Å².